The number of benzene rings is 2. The van der Waals surface area contributed by atoms with Crippen LogP contribution in [-0.4, -0.2) is 19.6 Å². The van der Waals surface area contributed by atoms with E-state index in [4.69, 9.17) is 4.74 Å². The van der Waals surface area contributed by atoms with Crippen molar-refractivity contribution >= 4 is 22.9 Å². The van der Waals surface area contributed by atoms with Crippen molar-refractivity contribution in [3.63, 3.8) is 0 Å². The summed E-state index contributed by atoms with van der Waals surface area (Å²) in [5.74, 6) is 0.539. The minimum Gasteiger partial charge on any atom is -0.495 e. The van der Waals surface area contributed by atoms with Crippen LogP contribution in [0, 0.1) is 6.92 Å². The molecule has 0 saturated heterocycles. The molecule has 2 aromatic carbocycles. The van der Waals surface area contributed by atoms with E-state index in [0.717, 1.165) is 5.56 Å². The zero-order chi connectivity index (χ0) is 18.4. The molecule has 1 aromatic heterocycles. The molecular weight excluding hydrogens is 344 g/mol. The van der Waals surface area contributed by atoms with E-state index in [0.29, 0.717) is 11.4 Å². The van der Waals surface area contributed by atoms with Crippen molar-refractivity contribution in [3.05, 3.63) is 82.0 Å². The number of para-hydroxylation sites is 2. The van der Waals surface area contributed by atoms with Crippen LogP contribution in [0.5, 0.6) is 5.75 Å². The molecule has 1 atom stereocenters. The van der Waals surface area contributed by atoms with Gasteiger partial charge in [-0.15, -0.1) is 11.3 Å². The largest absolute Gasteiger partial charge is 0.495 e. The van der Waals surface area contributed by atoms with Crippen LogP contribution in [-0.2, 0) is 4.79 Å². The number of anilines is 1. The molecule has 0 unspecified atom stereocenters. The Kier molecular flexibility index (Phi) is 6.04. The zero-order valence-corrected chi connectivity index (χ0v) is 15.7. The third-order valence-corrected chi connectivity index (χ3v) is 5.02. The molecule has 4 nitrogen and oxygen atoms in total. The quantitative estimate of drug-likeness (QED) is 0.652. The predicted octanol–water partition coefficient (Wildman–Crippen LogP) is 4.38. The van der Waals surface area contributed by atoms with Crippen molar-refractivity contribution in [2.75, 3.05) is 19.0 Å². The molecule has 26 heavy (non-hydrogen) atoms. The van der Waals surface area contributed by atoms with E-state index in [1.54, 1.807) is 18.4 Å². The highest BCUT2D eigenvalue weighted by atomic mass is 32.1. The first-order valence-electron chi connectivity index (χ1n) is 8.43. The molecule has 0 radical (unpaired) electrons. The summed E-state index contributed by atoms with van der Waals surface area (Å²) in [6.07, 6.45) is 0. The Morgan fingerprint density at radius 3 is 2.54 bits per heavy atom. The smallest absolute Gasteiger partial charge is 0.238 e. The minimum absolute atomic E-state index is 0.0148. The molecule has 0 aliphatic carbocycles. The minimum atomic E-state index is -0.108. The Balaban J connectivity index is 1.70. The summed E-state index contributed by atoms with van der Waals surface area (Å²) in [4.78, 5) is 13.6. The van der Waals surface area contributed by atoms with Crippen LogP contribution in [0.1, 0.15) is 22.0 Å². The van der Waals surface area contributed by atoms with Gasteiger partial charge in [-0.05, 0) is 36.1 Å². The first-order valence-corrected chi connectivity index (χ1v) is 9.31. The number of amides is 1. The summed E-state index contributed by atoms with van der Waals surface area (Å²) >= 11 is 1.68. The molecule has 0 spiro atoms. The molecule has 0 saturated carbocycles. The second-order valence-corrected chi connectivity index (χ2v) is 6.97. The van der Waals surface area contributed by atoms with Gasteiger partial charge in [-0.2, -0.15) is 0 Å². The third-order valence-electron chi connectivity index (χ3n) is 4.09. The topological polar surface area (TPSA) is 50.4 Å². The summed E-state index contributed by atoms with van der Waals surface area (Å²) in [5.41, 5.74) is 3.03. The van der Waals surface area contributed by atoms with E-state index < -0.39 is 0 Å². The molecule has 1 amide bonds. The second-order valence-electron chi connectivity index (χ2n) is 5.99. The predicted molar refractivity (Wildman–Crippen MR) is 107 cm³/mol. The van der Waals surface area contributed by atoms with Crippen molar-refractivity contribution in [3.8, 4) is 5.75 Å². The van der Waals surface area contributed by atoms with Crippen LogP contribution in [0.15, 0.2) is 66.0 Å². The van der Waals surface area contributed by atoms with Gasteiger partial charge in [-0.1, -0.05) is 48.0 Å². The lowest BCUT2D eigenvalue weighted by Crippen LogP contribution is -2.31. The summed E-state index contributed by atoms with van der Waals surface area (Å²) in [6, 6.07) is 19.9. The SMILES string of the molecule is COc1ccccc1NC(=O)CN[C@@H](c1ccc(C)cc1)c1cccs1. The number of hydrogen-bond acceptors (Lipinski definition) is 4. The lowest BCUT2D eigenvalue weighted by Gasteiger charge is -2.18. The molecular formula is C21H22N2O2S. The zero-order valence-electron chi connectivity index (χ0n) is 14.9. The van der Waals surface area contributed by atoms with Crippen molar-refractivity contribution in [1.29, 1.82) is 0 Å². The maximum absolute atomic E-state index is 12.4. The number of methoxy groups -OCH3 is 1. The molecule has 134 valence electrons. The Hall–Kier alpha value is -2.63. The van der Waals surface area contributed by atoms with E-state index in [1.165, 1.54) is 10.4 Å². The number of ether oxygens (including phenoxy) is 1. The second kappa shape index (κ2) is 8.65. The Bertz CT molecular complexity index is 845. The molecule has 3 rings (SSSR count). The van der Waals surface area contributed by atoms with Gasteiger partial charge in [-0.25, -0.2) is 0 Å². The van der Waals surface area contributed by atoms with Gasteiger partial charge in [0.1, 0.15) is 5.75 Å². The number of rotatable bonds is 7. The van der Waals surface area contributed by atoms with Crippen LogP contribution in [0.3, 0.4) is 0 Å². The molecule has 0 fully saturated rings. The number of thiophene rings is 1. The highest BCUT2D eigenvalue weighted by molar-refractivity contribution is 7.10. The summed E-state index contributed by atoms with van der Waals surface area (Å²) < 4.78 is 5.28. The number of carbonyl (C=O) groups excluding carboxylic acids is 1. The van der Waals surface area contributed by atoms with Crippen LogP contribution < -0.4 is 15.4 Å². The Morgan fingerprint density at radius 1 is 1.08 bits per heavy atom. The molecule has 0 aliphatic heterocycles. The fourth-order valence-electron chi connectivity index (χ4n) is 2.73. The van der Waals surface area contributed by atoms with Crippen LogP contribution in [0.4, 0.5) is 5.69 Å². The number of aryl methyl sites for hydroxylation is 1. The maximum Gasteiger partial charge on any atom is 0.238 e. The van der Waals surface area contributed by atoms with Gasteiger partial charge in [0.05, 0.1) is 25.4 Å². The molecule has 5 heteroatoms. The number of hydrogen-bond donors (Lipinski definition) is 2. The van der Waals surface area contributed by atoms with Crippen LogP contribution >= 0.6 is 11.3 Å². The van der Waals surface area contributed by atoms with Gasteiger partial charge in [0.2, 0.25) is 5.91 Å². The molecule has 0 aliphatic rings. The summed E-state index contributed by atoms with van der Waals surface area (Å²) in [5, 5.41) is 8.32. The summed E-state index contributed by atoms with van der Waals surface area (Å²) in [7, 11) is 1.59. The van der Waals surface area contributed by atoms with Crippen molar-refractivity contribution < 1.29 is 9.53 Å². The van der Waals surface area contributed by atoms with E-state index >= 15 is 0 Å². The first kappa shape index (κ1) is 18.2. The van der Waals surface area contributed by atoms with Gasteiger partial charge in [0, 0.05) is 4.88 Å². The Labute approximate surface area is 157 Å². The molecule has 1 heterocycles. The highest BCUT2D eigenvalue weighted by Crippen LogP contribution is 2.26. The first-order chi connectivity index (χ1) is 12.7. The van der Waals surface area contributed by atoms with Crippen LogP contribution in [0.25, 0.3) is 0 Å². The monoisotopic (exact) mass is 366 g/mol. The standard InChI is InChI=1S/C21H22N2O2S/c1-15-9-11-16(12-10-15)21(19-8-5-13-26-19)22-14-20(24)23-17-6-3-4-7-18(17)25-2/h3-13,21-22H,14H2,1-2H3,(H,23,24)/t21-/m0/s1. The molecule has 0 bridgehead atoms. The lowest BCUT2D eigenvalue weighted by atomic mass is 10.0. The number of carbonyl (C=O) groups is 1. The van der Waals surface area contributed by atoms with Gasteiger partial charge >= 0.3 is 0 Å². The number of nitrogens with one attached hydrogen (secondary N) is 2. The highest BCUT2D eigenvalue weighted by Gasteiger charge is 2.16. The van der Waals surface area contributed by atoms with E-state index in [2.05, 4.69) is 47.9 Å². The van der Waals surface area contributed by atoms with E-state index in [-0.39, 0.29) is 18.5 Å². The average Bonchev–Trinajstić information content (AvgIpc) is 3.18. The summed E-state index contributed by atoms with van der Waals surface area (Å²) in [6.45, 7) is 2.27. The fraction of sp³-hybridized carbons (Fsp3) is 0.190. The van der Waals surface area contributed by atoms with E-state index in [9.17, 15) is 4.79 Å². The van der Waals surface area contributed by atoms with Gasteiger partial charge in [0.15, 0.2) is 0 Å². The van der Waals surface area contributed by atoms with Crippen molar-refractivity contribution in [1.82, 2.24) is 5.32 Å². The van der Waals surface area contributed by atoms with E-state index in [1.807, 2.05) is 35.7 Å². The maximum atomic E-state index is 12.4. The Morgan fingerprint density at radius 2 is 1.85 bits per heavy atom. The van der Waals surface area contributed by atoms with Crippen LogP contribution in [0.2, 0.25) is 0 Å². The van der Waals surface area contributed by atoms with Gasteiger partial charge in [-0.3, -0.25) is 10.1 Å². The normalized spacial score (nSPS) is 11.8. The molecule has 2 N–H and O–H groups in total. The fourth-order valence-corrected chi connectivity index (χ4v) is 3.56. The van der Waals surface area contributed by atoms with Crippen molar-refractivity contribution in [2.24, 2.45) is 0 Å². The average molecular weight is 366 g/mol. The van der Waals surface area contributed by atoms with Crippen molar-refractivity contribution in [2.45, 2.75) is 13.0 Å². The lowest BCUT2D eigenvalue weighted by molar-refractivity contribution is -0.115. The third kappa shape index (κ3) is 4.50. The molecule has 3 aromatic rings. The van der Waals surface area contributed by atoms with Gasteiger partial charge in [0.25, 0.3) is 0 Å². The van der Waals surface area contributed by atoms with Gasteiger partial charge < -0.3 is 10.1 Å².